The van der Waals surface area contributed by atoms with Crippen LogP contribution in [0.4, 0.5) is 0 Å². The largest absolute Gasteiger partial charge is 0.273 e. The summed E-state index contributed by atoms with van der Waals surface area (Å²) < 4.78 is 1.79. The number of aryl methyl sites for hydroxylation is 2. The molecule has 2 aliphatic carbocycles. The fourth-order valence-corrected chi connectivity index (χ4v) is 6.14. The van der Waals surface area contributed by atoms with Crippen LogP contribution >= 0.6 is 0 Å². The molecule has 0 atom stereocenters. The monoisotopic (exact) mass is 586 g/mol. The van der Waals surface area contributed by atoms with Crippen LogP contribution in [0.2, 0.25) is 0 Å². The van der Waals surface area contributed by atoms with Crippen molar-refractivity contribution in [3.8, 4) is 11.1 Å². The van der Waals surface area contributed by atoms with E-state index >= 15 is 0 Å². The molecule has 0 radical (unpaired) electrons. The molecule has 0 spiro atoms. The van der Waals surface area contributed by atoms with Crippen LogP contribution in [-0.2, 0) is 41.5 Å². The first-order valence-electron chi connectivity index (χ1n) is 14.8. The number of unbranched alkanes of at least 4 members (excludes halogenated alkanes) is 2. The zero-order valence-electron chi connectivity index (χ0n) is 26.1. The Kier molecular flexibility index (Phi) is 12.9. The van der Waals surface area contributed by atoms with Gasteiger partial charge in [0.05, 0.1) is 0 Å². The van der Waals surface area contributed by atoms with Gasteiger partial charge in [0, 0.05) is 0 Å². The summed E-state index contributed by atoms with van der Waals surface area (Å²) in [5.41, 5.74) is 11.6. The predicted octanol–water partition coefficient (Wildman–Crippen LogP) is 10.7. The molecular formula is C37H52Zr. The minimum Gasteiger partial charge on any atom is -0.273 e. The maximum absolute atomic E-state index is 3.69. The number of benzene rings is 2. The first kappa shape index (κ1) is 32.9. The number of allylic oxidation sites excluding steroid dienone is 4. The van der Waals surface area contributed by atoms with Gasteiger partial charge in [-0.25, -0.2) is 12.2 Å². The van der Waals surface area contributed by atoms with Gasteiger partial charge >= 0.3 is 79.8 Å². The van der Waals surface area contributed by atoms with Crippen molar-refractivity contribution in [2.24, 2.45) is 0 Å². The molecule has 2 aromatic carbocycles. The third-order valence-corrected chi connectivity index (χ3v) is 8.56. The van der Waals surface area contributed by atoms with E-state index in [2.05, 4.69) is 106 Å². The first-order chi connectivity index (χ1) is 17.8. The van der Waals surface area contributed by atoms with Crippen LogP contribution in [0.3, 0.4) is 0 Å². The summed E-state index contributed by atoms with van der Waals surface area (Å²) in [7, 11) is 0. The van der Waals surface area contributed by atoms with Gasteiger partial charge < -0.3 is 0 Å². The average Bonchev–Trinajstić information content (AvgIpc) is 3.50. The van der Waals surface area contributed by atoms with Gasteiger partial charge in [0.15, 0.2) is 0 Å². The van der Waals surface area contributed by atoms with E-state index in [-0.39, 0.29) is 10.8 Å². The Hall–Kier alpha value is -1.33. The van der Waals surface area contributed by atoms with Crippen molar-refractivity contribution < 1.29 is 24.2 Å². The fraction of sp³-hybridized carbons (Fsp3) is 0.541. The molecule has 0 aliphatic heterocycles. The van der Waals surface area contributed by atoms with E-state index in [1.54, 1.807) is 27.4 Å². The van der Waals surface area contributed by atoms with E-state index in [0.717, 1.165) is 12.8 Å². The van der Waals surface area contributed by atoms with Gasteiger partial charge in [0.2, 0.25) is 0 Å². The Morgan fingerprint density at radius 3 is 1.87 bits per heavy atom. The number of hydrogen-bond acceptors (Lipinski definition) is 0. The van der Waals surface area contributed by atoms with Crippen LogP contribution < -0.4 is 0 Å². The van der Waals surface area contributed by atoms with Crippen molar-refractivity contribution in [1.82, 2.24) is 0 Å². The Labute approximate surface area is 250 Å². The van der Waals surface area contributed by atoms with Crippen LogP contribution in [0.25, 0.3) is 11.1 Å². The second-order valence-corrected chi connectivity index (χ2v) is 14.8. The molecule has 0 fully saturated rings. The molecule has 38 heavy (non-hydrogen) atoms. The van der Waals surface area contributed by atoms with Crippen LogP contribution in [-0.4, -0.2) is 3.21 Å². The molecule has 1 heteroatoms. The fourth-order valence-electron chi connectivity index (χ4n) is 5.27. The van der Waals surface area contributed by atoms with E-state index in [4.69, 9.17) is 0 Å². The molecular weight excluding hydrogens is 536 g/mol. The molecule has 4 rings (SSSR count). The molecule has 0 heterocycles. The summed E-state index contributed by atoms with van der Waals surface area (Å²) in [6.45, 7) is 22.8. The van der Waals surface area contributed by atoms with E-state index in [9.17, 15) is 0 Å². The Morgan fingerprint density at radius 1 is 0.842 bits per heavy atom. The minimum atomic E-state index is 0.163. The van der Waals surface area contributed by atoms with E-state index in [0.29, 0.717) is 0 Å². The molecule has 0 nitrogen and oxygen atoms in total. The van der Waals surface area contributed by atoms with Crippen molar-refractivity contribution in [3.63, 3.8) is 0 Å². The average molecular weight is 588 g/mol. The predicted molar refractivity (Wildman–Crippen MR) is 166 cm³/mol. The Bertz CT molecular complexity index is 1040. The number of hydrogen-bond donors (Lipinski definition) is 0. The third kappa shape index (κ3) is 9.70. The van der Waals surface area contributed by atoms with Crippen molar-refractivity contribution >= 4 is 3.21 Å². The summed E-state index contributed by atoms with van der Waals surface area (Å²) in [5.74, 6) is 0. The van der Waals surface area contributed by atoms with Crippen LogP contribution in [0, 0.1) is 26.0 Å². The Morgan fingerprint density at radius 2 is 1.42 bits per heavy atom. The second-order valence-electron chi connectivity index (χ2n) is 13.0. The topological polar surface area (TPSA) is 0 Å². The van der Waals surface area contributed by atoms with Gasteiger partial charge in [0.1, 0.15) is 0 Å². The summed E-state index contributed by atoms with van der Waals surface area (Å²) in [4.78, 5) is 0. The zero-order chi connectivity index (χ0) is 28.5. The summed E-state index contributed by atoms with van der Waals surface area (Å²) >= 11 is 1.67. The normalized spacial score (nSPS) is 13.4. The van der Waals surface area contributed by atoms with E-state index in [1.807, 2.05) is 12.2 Å². The van der Waals surface area contributed by atoms with Gasteiger partial charge in [0.25, 0.3) is 0 Å². The maximum Gasteiger partial charge on any atom is -0.0129 e. The van der Waals surface area contributed by atoms with Gasteiger partial charge in [-0.05, 0) is 35.4 Å². The SMILES string of the molecule is CCCC[C](=[Zr+2])CCCC.Cc1[c-]c2c(cc1C(C)(C)C)-c1cc(C(C)(C)C)c(C)cc1C2.[C-]1=CC=CC1. The first-order valence-corrected chi connectivity index (χ1v) is 16.0. The molecule has 0 unspecified atom stereocenters. The van der Waals surface area contributed by atoms with Gasteiger partial charge in [-0.15, -0.1) is 23.1 Å². The molecule has 0 bridgehead atoms. The van der Waals surface area contributed by atoms with Crippen molar-refractivity contribution in [1.29, 1.82) is 0 Å². The second kappa shape index (κ2) is 14.9. The summed E-state index contributed by atoms with van der Waals surface area (Å²) in [6, 6.07) is 10.9. The number of fused-ring (bicyclic) bond motifs is 3. The molecule has 0 saturated heterocycles. The number of rotatable bonds is 6. The van der Waals surface area contributed by atoms with Crippen LogP contribution in [0.1, 0.15) is 134 Å². The quantitative estimate of drug-likeness (QED) is 0.252. The van der Waals surface area contributed by atoms with Gasteiger partial charge in [-0.3, -0.25) is 6.08 Å². The van der Waals surface area contributed by atoms with Crippen LogP contribution in [0.15, 0.2) is 36.4 Å². The molecule has 0 N–H and O–H groups in total. The third-order valence-electron chi connectivity index (χ3n) is 7.33. The molecule has 0 amide bonds. The minimum absolute atomic E-state index is 0.163. The standard InChI is InChI=1S/C23H29.C9H18.C5H5.Zr/c1-14-9-16-11-17-10-15(2)21(23(6,7)8)13-19(17)18(16)12-20(14)22(3,4)5;1-3-5-7-9-8-6-4-2;1-2-4-5-3-1;/h9,12-13H,11H2,1-8H3;3-8H2,1-2H3;1-3H,4H2;/q-1;;-1;+2. The van der Waals surface area contributed by atoms with Crippen LogP contribution in [0.5, 0.6) is 0 Å². The smallest absolute Gasteiger partial charge is 0.0129 e. The van der Waals surface area contributed by atoms with Gasteiger partial charge in [-0.2, -0.15) is 23.8 Å². The zero-order valence-corrected chi connectivity index (χ0v) is 28.6. The van der Waals surface area contributed by atoms with Crippen molar-refractivity contribution in [2.75, 3.05) is 0 Å². The van der Waals surface area contributed by atoms with E-state index < -0.39 is 0 Å². The van der Waals surface area contributed by atoms with Crippen molar-refractivity contribution in [2.45, 2.75) is 131 Å². The molecule has 0 aromatic heterocycles. The van der Waals surface area contributed by atoms with Crippen molar-refractivity contribution in [3.05, 3.63) is 82.0 Å². The molecule has 2 aliphatic rings. The summed E-state index contributed by atoms with van der Waals surface area (Å²) in [6.07, 6.45) is 19.3. The maximum atomic E-state index is 3.69. The Balaban J connectivity index is 0.000000278. The summed E-state index contributed by atoms with van der Waals surface area (Å²) in [5, 5.41) is 0. The van der Waals surface area contributed by atoms with E-state index in [1.165, 1.54) is 83.0 Å². The van der Waals surface area contributed by atoms with Gasteiger partial charge in [-0.1, -0.05) is 71.6 Å². The molecule has 2 aromatic rings. The molecule has 204 valence electrons. The molecule has 0 saturated carbocycles.